The van der Waals surface area contributed by atoms with Crippen LogP contribution in [0.25, 0.3) is 0 Å². The van der Waals surface area contributed by atoms with Crippen LogP contribution in [0, 0.1) is 6.92 Å². The van der Waals surface area contributed by atoms with Gasteiger partial charge in [0.2, 0.25) is 0 Å². The van der Waals surface area contributed by atoms with E-state index in [4.69, 9.17) is 4.42 Å². The number of amides is 1. The van der Waals surface area contributed by atoms with Crippen LogP contribution in [0.15, 0.2) is 35.4 Å². The van der Waals surface area contributed by atoms with Crippen molar-refractivity contribution in [2.45, 2.75) is 38.8 Å². The minimum Gasteiger partial charge on any atom is -0.472 e. The highest BCUT2D eigenvalue weighted by Crippen LogP contribution is 2.21. The first-order valence-corrected chi connectivity index (χ1v) is 7.06. The highest BCUT2D eigenvalue weighted by atomic mass is 16.3. The molecule has 20 heavy (non-hydrogen) atoms. The Bertz CT molecular complexity index is 574. The van der Waals surface area contributed by atoms with Crippen molar-refractivity contribution < 1.29 is 9.21 Å². The third-order valence-electron chi connectivity index (χ3n) is 3.82. The molecule has 1 aliphatic heterocycles. The van der Waals surface area contributed by atoms with Crippen molar-refractivity contribution in [2.24, 2.45) is 0 Å². The van der Waals surface area contributed by atoms with Gasteiger partial charge in [-0.2, -0.15) is 5.10 Å². The number of piperidine rings is 1. The highest BCUT2D eigenvalue weighted by Gasteiger charge is 2.28. The number of hydrogen-bond acceptors (Lipinski definition) is 3. The maximum atomic E-state index is 12.5. The van der Waals surface area contributed by atoms with Gasteiger partial charge in [0.25, 0.3) is 5.91 Å². The Morgan fingerprint density at radius 1 is 1.50 bits per heavy atom. The predicted octanol–water partition coefficient (Wildman–Crippen LogP) is 2.48. The first-order valence-electron chi connectivity index (χ1n) is 7.06. The third-order valence-corrected chi connectivity index (χ3v) is 3.82. The fourth-order valence-electron chi connectivity index (χ4n) is 2.79. The lowest BCUT2D eigenvalue weighted by Crippen LogP contribution is -2.45. The number of aromatic nitrogens is 2. The van der Waals surface area contributed by atoms with Crippen molar-refractivity contribution in [3.8, 4) is 0 Å². The molecule has 2 aromatic rings. The van der Waals surface area contributed by atoms with Crippen LogP contribution in [0.1, 0.15) is 35.2 Å². The molecule has 3 rings (SSSR count). The summed E-state index contributed by atoms with van der Waals surface area (Å²) in [6.07, 6.45) is 10.2. The van der Waals surface area contributed by atoms with Crippen LogP contribution in [0.2, 0.25) is 0 Å². The van der Waals surface area contributed by atoms with Crippen LogP contribution in [0.4, 0.5) is 0 Å². The van der Waals surface area contributed by atoms with Gasteiger partial charge in [-0.25, -0.2) is 0 Å². The number of rotatable bonds is 3. The number of likely N-dealkylation sites (tertiary alicyclic amines) is 1. The monoisotopic (exact) mass is 273 g/mol. The van der Waals surface area contributed by atoms with Crippen LogP contribution >= 0.6 is 0 Å². The third kappa shape index (κ3) is 2.61. The van der Waals surface area contributed by atoms with Crippen molar-refractivity contribution in [3.05, 3.63) is 42.1 Å². The van der Waals surface area contributed by atoms with E-state index >= 15 is 0 Å². The van der Waals surface area contributed by atoms with Crippen molar-refractivity contribution >= 4 is 5.91 Å². The molecule has 0 unspecified atom stereocenters. The van der Waals surface area contributed by atoms with Crippen LogP contribution in [-0.4, -0.2) is 33.2 Å². The second kappa shape index (κ2) is 5.53. The Morgan fingerprint density at radius 2 is 2.40 bits per heavy atom. The summed E-state index contributed by atoms with van der Waals surface area (Å²) in [5.41, 5.74) is 1.78. The van der Waals surface area contributed by atoms with Crippen molar-refractivity contribution in [3.63, 3.8) is 0 Å². The van der Waals surface area contributed by atoms with Crippen molar-refractivity contribution in [1.82, 2.24) is 14.7 Å². The maximum absolute atomic E-state index is 12.5. The Kier molecular flexibility index (Phi) is 3.58. The average molecular weight is 273 g/mol. The Hall–Kier alpha value is -2.04. The fourth-order valence-corrected chi connectivity index (χ4v) is 2.79. The molecule has 0 aromatic carbocycles. The molecule has 5 nitrogen and oxygen atoms in total. The molecule has 0 aliphatic carbocycles. The number of aryl methyl sites for hydroxylation is 1. The van der Waals surface area contributed by atoms with E-state index in [9.17, 15) is 4.79 Å². The molecular weight excluding hydrogens is 254 g/mol. The van der Waals surface area contributed by atoms with Crippen molar-refractivity contribution in [2.75, 3.05) is 6.54 Å². The van der Waals surface area contributed by atoms with E-state index in [-0.39, 0.29) is 11.9 Å². The zero-order valence-electron chi connectivity index (χ0n) is 11.7. The van der Waals surface area contributed by atoms with Crippen LogP contribution in [-0.2, 0) is 6.54 Å². The summed E-state index contributed by atoms with van der Waals surface area (Å²) in [7, 11) is 0. The first kappa shape index (κ1) is 13.0. The second-order valence-corrected chi connectivity index (χ2v) is 5.40. The van der Waals surface area contributed by atoms with Gasteiger partial charge < -0.3 is 9.32 Å². The summed E-state index contributed by atoms with van der Waals surface area (Å²) in [6.45, 7) is 3.60. The molecule has 1 amide bonds. The van der Waals surface area contributed by atoms with E-state index in [1.54, 1.807) is 12.3 Å². The number of carbonyl (C=O) groups is 1. The fraction of sp³-hybridized carbons (Fsp3) is 0.467. The number of nitrogens with zero attached hydrogens (tertiary/aromatic N) is 3. The van der Waals surface area contributed by atoms with E-state index < -0.39 is 0 Å². The van der Waals surface area contributed by atoms with E-state index in [0.717, 1.165) is 31.5 Å². The molecule has 3 heterocycles. The molecule has 106 valence electrons. The molecule has 1 fully saturated rings. The Balaban J connectivity index is 1.75. The second-order valence-electron chi connectivity index (χ2n) is 5.40. The number of hydrogen-bond donors (Lipinski definition) is 0. The smallest absolute Gasteiger partial charge is 0.257 e. The van der Waals surface area contributed by atoms with Gasteiger partial charge in [-0.05, 0) is 37.8 Å². The van der Waals surface area contributed by atoms with Gasteiger partial charge in [-0.15, -0.1) is 0 Å². The Labute approximate surface area is 118 Å². The molecule has 1 atom stereocenters. The van der Waals surface area contributed by atoms with Crippen LogP contribution in [0.3, 0.4) is 0 Å². The average Bonchev–Trinajstić information content (AvgIpc) is 3.10. The van der Waals surface area contributed by atoms with Crippen LogP contribution < -0.4 is 0 Å². The SMILES string of the molecule is Cc1cnn(C[C@H]2CCCCN2C(=O)c2ccoc2)c1. The topological polar surface area (TPSA) is 51.3 Å². The number of furan rings is 1. The molecule has 1 saturated heterocycles. The quantitative estimate of drug-likeness (QED) is 0.863. The summed E-state index contributed by atoms with van der Waals surface area (Å²) in [4.78, 5) is 14.5. The summed E-state index contributed by atoms with van der Waals surface area (Å²) in [5, 5.41) is 4.33. The predicted molar refractivity (Wildman–Crippen MR) is 74.3 cm³/mol. The van der Waals surface area contributed by atoms with Gasteiger partial charge in [0, 0.05) is 12.7 Å². The number of carbonyl (C=O) groups excluding carboxylic acids is 1. The largest absolute Gasteiger partial charge is 0.472 e. The zero-order valence-corrected chi connectivity index (χ0v) is 11.7. The van der Waals surface area contributed by atoms with Crippen molar-refractivity contribution in [1.29, 1.82) is 0 Å². The van der Waals surface area contributed by atoms with Gasteiger partial charge in [0.05, 0.1) is 30.6 Å². The van der Waals surface area contributed by atoms with Gasteiger partial charge in [0.15, 0.2) is 0 Å². The molecule has 2 aromatic heterocycles. The maximum Gasteiger partial charge on any atom is 0.257 e. The lowest BCUT2D eigenvalue weighted by atomic mass is 10.0. The molecule has 0 radical (unpaired) electrons. The molecule has 0 N–H and O–H groups in total. The minimum absolute atomic E-state index is 0.0623. The van der Waals surface area contributed by atoms with E-state index in [2.05, 4.69) is 5.10 Å². The normalized spacial score (nSPS) is 19.2. The summed E-state index contributed by atoms with van der Waals surface area (Å²) in [5.74, 6) is 0.0623. The summed E-state index contributed by atoms with van der Waals surface area (Å²) >= 11 is 0. The summed E-state index contributed by atoms with van der Waals surface area (Å²) < 4.78 is 6.95. The molecule has 0 saturated carbocycles. The molecule has 0 bridgehead atoms. The molecule has 1 aliphatic rings. The zero-order chi connectivity index (χ0) is 13.9. The van der Waals surface area contributed by atoms with E-state index in [1.165, 1.54) is 12.7 Å². The van der Waals surface area contributed by atoms with Gasteiger partial charge in [-0.1, -0.05) is 0 Å². The highest BCUT2D eigenvalue weighted by molar-refractivity contribution is 5.94. The van der Waals surface area contributed by atoms with Gasteiger partial charge in [-0.3, -0.25) is 9.48 Å². The molecular formula is C15H19N3O2. The molecule has 0 spiro atoms. The molecule has 5 heteroatoms. The first-order chi connectivity index (χ1) is 9.74. The summed E-state index contributed by atoms with van der Waals surface area (Å²) in [6, 6.07) is 1.94. The van der Waals surface area contributed by atoms with Gasteiger partial charge >= 0.3 is 0 Å². The van der Waals surface area contributed by atoms with E-state index in [0.29, 0.717) is 5.56 Å². The minimum atomic E-state index is 0.0623. The lowest BCUT2D eigenvalue weighted by Gasteiger charge is -2.35. The Morgan fingerprint density at radius 3 is 3.10 bits per heavy atom. The standard InChI is InChI=1S/C15H19N3O2/c1-12-8-16-17(9-12)10-14-4-2-3-6-18(14)15(19)13-5-7-20-11-13/h5,7-9,11,14H,2-4,6,10H2,1H3/t14-/m1/s1. The lowest BCUT2D eigenvalue weighted by molar-refractivity contribution is 0.0583. The van der Waals surface area contributed by atoms with Gasteiger partial charge in [0.1, 0.15) is 6.26 Å². The van der Waals surface area contributed by atoms with E-state index in [1.807, 2.05) is 28.9 Å². The van der Waals surface area contributed by atoms with Crippen LogP contribution in [0.5, 0.6) is 0 Å².